The Morgan fingerprint density at radius 2 is 2.22 bits per heavy atom. The van der Waals surface area contributed by atoms with Crippen molar-refractivity contribution in [2.75, 3.05) is 5.43 Å². The lowest BCUT2D eigenvalue weighted by Gasteiger charge is -2.09. The fourth-order valence-corrected chi connectivity index (χ4v) is 1.55. The summed E-state index contributed by atoms with van der Waals surface area (Å²) in [6.45, 7) is 1.81. The zero-order valence-corrected chi connectivity index (χ0v) is 11.0. The molecule has 0 atom stereocenters. The number of halogens is 2. The average molecular weight is 313 g/mol. The topological polar surface area (TPSA) is 73.1 Å². The number of rotatable bonds is 3. The Kier molecular flexibility index (Phi) is 3.73. The number of aryl methyl sites for hydroxylation is 1. The van der Waals surface area contributed by atoms with Gasteiger partial charge in [0.15, 0.2) is 0 Å². The lowest BCUT2D eigenvalue weighted by molar-refractivity contribution is 0.451. The van der Waals surface area contributed by atoms with Gasteiger partial charge in [-0.2, -0.15) is 4.98 Å². The summed E-state index contributed by atoms with van der Waals surface area (Å²) < 4.78 is 19.2. The Labute approximate surface area is 111 Å². The molecule has 5 nitrogen and oxygen atoms in total. The molecule has 1 aromatic carbocycles. The number of hydrazine groups is 1. The molecule has 0 spiro atoms. The molecule has 0 aliphatic carbocycles. The summed E-state index contributed by atoms with van der Waals surface area (Å²) >= 11 is 3.25. The summed E-state index contributed by atoms with van der Waals surface area (Å²) in [5, 5.41) is 0. The van der Waals surface area contributed by atoms with Crippen LogP contribution in [0.25, 0.3) is 0 Å². The Bertz CT molecular complexity index is 579. The molecule has 0 aliphatic rings. The van der Waals surface area contributed by atoms with Gasteiger partial charge in [-0.05, 0) is 34.5 Å². The molecule has 0 fully saturated rings. The molecule has 1 aromatic heterocycles. The van der Waals surface area contributed by atoms with Crippen LogP contribution in [0.3, 0.4) is 0 Å². The zero-order valence-electron chi connectivity index (χ0n) is 9.45. The molecule has 1 heterocycles. The Morgan fingerprint density at radius 3 is 2.94 bits per heavy atom. The molecule has 2 rings (SSSR count). The second-order valence-electron chi connectivity index (χ2n) is 3.50. The van der Waals surface area contributed by atoms with E-state index in [-0.39, 0.29) is 17.6 Å². The van der Waals surface area contributed by atoms with E-state index < -0.39 is 0 Å². The minimum atomic E-state index is -0.377. The fraction of sp³-hybridized carbons (Fsp3) is 0.0909. The van der Waals surface area contributed by atoms with E-state index in [0.717, 1.165) is 5.56 Å². The van der Waals surface area contributed by atoms with E-state index >= 15 is 0 Å². The fourth-order valence-electron chi connectivity index (χ4n) is 1.28. The number of hydrogen-bond donors (Lipinski definition) is 2. The molecule has 0 amide bonds. The standard InChI is InChI=1S/C11H10BrFN4O/c1-6-2-3-7(13)4-9(6)18-10-8(12)5-15-11(16-10)17-14/h2-5H,14H2,1H3,(H,15,16,17). The van der Waals surface area contributed by atoms with E-state index in [1.807, 2.05) is 6.92 Å². The van der Waals surface area contributed by atoms with E-state index in [0.29, 0.717) is 10.2 Å². The molecule has 0 unspecified atom stereocenters. The van der Waals surface area contributed by atoms with Crippen molar-refractivity contribution in [3.8, 4) is 11.6 Å². The van der Waals surface area contributed by atoms with Crippen LogP contribution < -0.4 is 16.0 Å². The Hall–Kier alpha value is -1.73. The van der Waals surface area contributed by atoms with Crippen molar-refractivity contribution >= 4 is 21.9 Å². The van der Waals surface area contributed by atoms with Crippen LogP contribution in [-0.2, 0) is 0 Å². The zero-order chi connectivity index (χ0) is 13.1. The van der Waals surface area contributed by atoms with Gasteiger partial charge in [0.05, 0.1) is 10.7 Å². The smallest absolute Gasteiger partial charge is 0.240 e. The minimum Gasteiger partial charge on any atom is -0.437 e. The third-order valence-electron chi connectivity index (χ3n) is 2.20. The first kappa shape index (κ1) is 12.7. The normalized spacial score (nSPS) is 10.2. The summed E-state index contributed by atoms with van der Waals surface area (Å²) in [5.74, 6) is 5.69. The molecule has 7 heteroatoms. The predicted molar refractivity (Wildman–Crippen MR) is 68.8 cm³/mol. The Balaban J connectivity index is 2.36. The van der Waals surface area contributed by atoms with Crippen LogP contribution in [0.2, 0.25) is 0 Å². The molecule has 0 saturated carbocycles. The quantitative estimate of drug-likeness (QED) is 0.673. The highest BCUT2D eigenvalue weighted by molar-refractivity contribution is 9.10. The van der Waals surface area contributed by atoms with E-state index in [4.69, 9.17) is 10.6 Å². The highest BCUT2D eigenvalue weighted by Gasteiger charge is 2.09. The first-order chi connectivity index (χ1) is 8.60. The second-order valence-corrected chi connectivity index (χ2v) is 4.36. The molecule has 0 saturated heterocycles. The highest BCUT2D eigenvalue weighted by atomic mass is 79.9. The minimum absolute atomic E-state index is 0.210. The lowest BCUT2D eigenvalue weighted by Crippen LogP contribution is -2.10. The molecule has 0 bridgehead atoms. The number of hydrogen-bond acceptors (Lipinski definition) is 5. The summed E-state index contributed by atoms with van der Waals surface area (Å²) in [7, 11) is 0. The van der Waals surface area contributed by atoms with Crippen molar-refractivity contribution in [2.45, 2.75) is 6.92 Å². The van der Waals surface area contributed by atoms with Gasteiger partial charge in [-0.1, -0.05) is 6.07 Å². The number of nitrogens with one attached hydrogen (secondary N) is 1. The van der Waals surface area contributed by atoms with Gasteiger partial charge >= 0.3 is 0 Å². The van der Waals surface area contributed by atoms with Crippen molar-refractivity contribution in [3.05, 3.63) is 40.2 Å². The number of aromatic nitrogens is 2. The number of ether oxygens (including phenoxy) is 1. The van der Waals surface area contributed by atoms with E-state index in [1.165, 1.54) is 18.3 Å². The summed E-state index contributed by atoms with van der Waals surface area (Å²) in [6, 6.07) is 4.28. The summed E-state index contributed by atoms with van der Waals surface area (Å²) in [5.41, 5.74) is 3.10. The number of nitrogens with two attached hydrogens (primary N) is 1. The molecule has 3 N–H and O–H groups in total. The maximum atomic E-state index is 13.1. The van der Waals surface area contributed by atoms with E-state index in [9.17, 15) is 4.39 Å². The van der Waals surface area contributed by atoms with E-state index in [1.54, 1.807) is 6.07 Å². The van der Waals surface area contributed by atoms with Crippen molar-refractivity contribution in [1.82, 2.24) is 9.97 Å². The number of nitrogen functional groups attached to an aromatic ring is 1. The van der Waals surface area contributed by atoms with Gasteiger partial charge < -0.3 is 4.74 Å². The van der Waals surface area contributed by atoms with Gasteiger partial charge in [-0.15, -0.1) is 0 Å². The van der Waals surface area contributed by atoms with Crippen LogP contribution in [0.5, 0.6) is 11.6 Å². The molecule has 0 radical (unpaired) electrons. The van der Waals surface area contributed by atoms with Gasteiger partial charge in [-0.25, -0.2) is 15.2 Å². The number of benzene rings is 1. The molecular weight excluding hydrogens is 303 g/mol. The van der Waals surface area contributed by atoms with Gasteiger partial charge in [0.1, 0.15) is 11.6 Å². The van der Waals surface area contributed by atoms with Crippen LogP contribution in [0.4, 0.5) is 10.3 Å². The van der Waals surface area contributed by atoms with Crippen molar-refractivity contribution in [2.24, 2.45) is 5.84 Å². The monoisotopic (exact) mass is 312 g/mol. The molecule has 0 aliphatic heterocycles. The van der Waals surface area contributed by atoms with Crippen LogP contribution in [0.1, 0.15) is 5.56 Å². The first-order valence-corrected chi connectivity index (χ1v) is 5.82. The maximum absolute atomic E-state index is 13.1. The van der Waals surface area contributed by atoms with Gasteiger partial charge in [0.25, 0.3) is 0 Å². The average Bonchev–Trinajstić information content (AvgIpc) is 2.36. The SMILES string of the molecule is Cc1ccc(F)cc1Oc1nc(NN)ncc1Br. The van der Waals surface area contributed by atoms with E-state index in [2.05, 4.69) is 31.3 Å². The van der Waals surface area contributed by atoms with Crippen molar-refractivity contribution in [1.29, 1.82) is 0 Å². The molecular formula is C11H10BrFN4O. The van der Waals surface area contributed by atoms with Gasteiger partial charge in [0.2, 0.25) is 11.8 Å². The highest BCUT2D eigenvalue weighted by Crippen LogP contribution is 2.30. The first-order valence-electron chi connectivity index (χ1n) is 5.03. The van der Waals surface area contributed by atoms with Crippen LogP contribution in [0, 0.1) is 12.7 Å². The van der Waals surface area contributed by atoms with Crippen LogP contribution in [0.15, 0.2) is 28.9 Å². The largest absolute Gasteiger partial charge is 0.437 e. The third kappa shape index (κ3) is 2.74. The summed E-state index contributed by atoms with van der Waals surface area (Å²) in [6.07, 6.45) is 1.49. The maximum Gasteiger partial charge on any atom is 0.240 e. The van der Waals surface area contributed by atoms with Crippen molar-refractivity contribution < 1.29 is 9.13 Å². The molecule has 2 aromatic rings. The molecule has 18 heavy (non-hydrogen) atoms. The van der Waals surface area contributed by atoms with Crippen LogP contribution >= 0.6 is 15.9 Å². The predicted octanol–water partition coefficient (Wildman–Crippen LogP) is 2.76. The van der Waals surface area contributed by atoms with Crippen molar-refractivity contribution in [3.63, 3.8) is 0 Å². The molecule has 94 valence electrons. The van der Waals surface area contributed by atoms with Crippen LogP contribution in [-0.4, -0.2) is 9.97 Å². The summed E-state index contributed by atoms with van der Waals surface area (Å²) in [4.78, 5) is 7.91. The number of nitrogens with zero attached hydrogens (tertiary/aromatic N) is 2. The van der Waals surface area contributed by atoms with Gasteiger partial charge in [0, 0.05) is 6.07 Å². The lowest BCUT2D eigenvalue weighted by atomic mass is 10.2. The third-order valence-corrected chi connectivity index (χ3v) is 2.74. The number of anilines is 1. The Morgan fingerprint density at radius 1 is 1.44 bits per heavy atom. The van der Waals surface area contributed by atoms with Gasteiger partial charge in [-0.3, -0.25) is 5.43 Å². The second kappa shape index (κ2) is 5.28.